The SMILES string of the molecule is C[C@@H]1Cc2c(-c3ccc(F)cc3F)cc(C(N)=O)nc2OC1COC(F)F. The first kappa shape index (κ1) is 19.1. The number of pyridine rings is 1. The number of alkyl halides is 2. The van der Waals surface area contributed by atoms with Gasteiger partial charge in [-0.2, -0.15) is 8.78 Å². The van der Waals surface area contributed by atoms with Gasteiger partial charge in [0.2, 0.25) is 5.88 Å². The predicted octanol–water partition coefficient (Wildman–Crippen LogP) is 3.30. The number of rotatable bonds is 5. The van der Waals surface area contributed by atoms with Gasteiger partial charge in [0.1, 0.15) is 23.4 Å². The van der Waals surface area contributed by atoms with Crippen LogP contribution in [0.25, 0.3) is 11.1 Å². The lowest BCUT2D eigenvalue weighted by molar-refractivity contribution is -0.150. The second-order valence-corrected chi connectivity index (χ2v) is 6.26. The Kier molecular flexibility index (Phi) is 5.31. The van der Waals surface area contributed by atoms with E-state index in [1.165, 1.54) is 12.1 Å². The smallest absolute Gasteiger partial charge is 0.345 e. The molecule has 27 heavy (non-hydrogen) atoms. The van der Waals surface area contributed by atoms with E-state index in [1.54, 1.807) is 6.92 Å². The molecule has 1 aliphatic heterocycles. The molecule has 0 bridgehead atoms. The van der Waals surface area contributed by atoms with E-state index in [0.29, 0.717) is 12.0 Å². The molecule has 0 radical (unpaired) electrons. The maximum atomic E-state index is 14.3. The molecule has 2 N–H and O–H groups in total. The maximum absolute atomic E-state index is 14.3. The van der Waals surface area contributed by atoms with Gasteiger partial charge in [-0.15, -0.1) is 0 Å². The van der Waals surface area contributed by atoms with Crippen LogP contribution in [-0.2, 0) is 11.2 Å². The van der Waals surface area contributed by atoms with Crippen molar-refractivity contribution in [3.8, 4) is 17.0 Å². The van der Waals surface area contributed by atoms with Crippen LogP contribution in [0.4, 0.5) is 17.6 Å². The second kappa shape index (κ2) is 7.51. The highest BCUT2D eigenvalue weighted by atomic mass is 19.3. The monoisotopic (exact) mass is 384 g/mol. The van der Waals surface area contributed by atoms with Crippen molar-refractivity contribution in [2.24, 2.45) is 11.7 Å². The Morgan fingerprint density at radius 1 is 1.33 bits per heavy atom. The van der Waals surface area contributed by atoms with Crippen LogP contribution in [0.5, 0.6) is 5.88 Å². The molecular weight excluding hydrogens is 368 g/mol. The fourth-order valence-corrected chi connectivity index (χ4v) is 3.00. The van der Waals surface area contributed by atoms with Crippen molar-refractivity contribution in [2.75, 3.05) is 6.61 Å². The van der Waals surface area contributed by atoms with Gasteiger partial charge in [-0.25, -0.2) is 13.8 Å². The Hall–Kier alpha value is -2.68. The molecule has 0 saturated carbocycles. The highest BCUT2D eigenvalue weighted by Crippen LogP contribution is 2.38. The van der Waals surface area contributed by atoms with Crippen molar-refractivity contribution in [1.29, 1.82) is 0 Å². The number of carbonyl (C=O) groups excluding carboxylic acids is 1. The van der Waals surface area contributed by atoms with Gasteiger partial charge >= 0.3 is 6.61 Å². The third kappa shape index (κ3) is 4.02. The van der Waals surface area contributed by atoms with Crippen LogP contribution in [0.3, 0.4) is 0 Å². The zero-order valence-corrected chi connectivity index (χ0v) is 14.2. The van der Waals surface area contributed by atoms with E-state index in [9.17, 15) is 22.4 Å². The van der Waals surface area contributed by atoms with Gasteiger partial charge < -0.3 is 15.2 Å². The number of aromatic nitrogens is 1. The highest BCUT2D eigenvalue weighted by Gasteiger charge is 2.32. The first-order chi connectivity index (χ1) is 12.8. The van der Waals surface area contributed by atoms with E-state index >= 15 is 0 Å². The third-order valence-electron chi connectivity index (χ3n) is 4.37. The van der Waals surface area contributed by atoms with Crippen molar-refractivity contribution in [3.63, 3.8) is 0 Å². The van der Waals surface area contributed by atoms with Gasteiger partial charge in [-0.1, -0.05) is 6.92 Å². The Labute approximate surface area is 152 Å². The molecular formula is C18H16F4N2O3. The van der Waals surface area contributed by atoms with Crippen LogP contribution in [0.2, 0.25) is 0 Å². The summed E-state index contributed by atoms with van der Waals surface area (Å²) in [6.45, 7) is -1.56. The summed E-state index contributed by atoms with van der Waals surface area (Å²) in [5, 5.41) is 0. The largest absolute Gasteiger partial charge is 0.471 e. The van der Waals surface area contributed by atoms with Crippen LogP contribution in [0.15, 0.2) is 24.3 Å². The second-order valence-electron chi connectivity index (χ2n) is 6.26. The number of ether oxygens (including phenoxy) is 2. The predicted molar refractivity (Wildman–Crippen MR) is 87.3 cm³/mol. The number of primary amides is 1. The lowest BCUT2D eigenvalue weighted by Gasteiger charge is -2.32. The van der Waals surface area contributed by atoms with E-state index in [1.807, 2.05) is 0 Å². The quantitative estimate of drug-likeness (QED) is 0.803. The molecule has 0 fully saturated rings. The van der Waals surface area contributed by atoms with Gasteiger partial charge in [0.15, 0.2) is 0 Å². The first-order valence-corrected chi connectivity index (χ1v) is 8.11. The summed E-state index contributed by atoms with van der Waals surface area (Å²) >= 11 is 0. The summed E-state index contributed by atoms with van der Waals surface area (Å²) < 4.78 is 62.1. The Morgan fingerprint density at radius 3 is 2.70 bits per heavy atom. The molecule has 1 aromatic heterocycles. The number of benzene rings is 1. The van der Waals surface area contributed by atoms with Gasteiger partial charge in [0, 0.05) is 17.2 Å². The summed E-state index contributed by atoms with van der Waals surface area (Å²) in [6, 6.07) is 4.35. The normalized spacial score (nSPS) is 18.9. The number of fused-ring (bicyclic) bond motifs is 1. The van der Waals surface area contributed by atoms with Crippen LogP contribution in [-0.4, -0.2) is 30.2 Å². The minimum Gasteiger partial charge on any atom is -0.471 e. The third-order valence-corrected chi connectivity index (χ3v) is 4.37. The zero-order chi connectivity index (χ0) is 19.7. The fraction of sp³-hybridized carbons (Fsp3) is 0.333. The molecule has 5 nitrogen and oxygen atoms in total. The van der Waals surface area contributed by atoms with Crippen LogP contribution in [0.1, 0.15) is 23.0 Å². The molecule has 2 atom stereocenters. The molecule has 2 heterocycles. The average molecular weight is 384 g/mol. The molecule has 1 amide bonds. The number of halogens is 4. The standard InChI is InChI=1S/C18H16F4N2O3/c1-8-4-12-11(10-3-2-9(19)5-13(10)20)6-14(16(23)25)24-17(12)27-15(8)7-26-18(21)22/h2-3,5-6,8,15,18H,4,7H2,1H3,(H2,23,25)/t8-,15?/m1/s1. The Balaban J connectivity index is 2.07. The first-order valence-electron chi connectivity index (χ1n) is 8.11. The van der Waals surface area contributed by atoms with Gasteiger partial charge in [-0.05, 0) is 36.1 Å². The van der Waals surface area contributed by atoms with Crippen LogP contribution in [0, 0.1) is 17.6 Å². The number of amides is 1. The average Bonchev–Trinajstić information content (AvgIpc) is 2.59. The summed E-state index contributed by atoms with van der Waals surface area (Å²) in [7, 11) is 0. The van der Waals surface area contributed by atoms with Crippen LogP contribution < -0.4 is 10.5 Å². The van der Waals surface area contributed by atoms with Gasteiger partial charge in [0.25, 0.3) is 5.91 Å². The van der Waals surface area contributed by atoms with Crippen LogP contribution >= 0.6 is 0 Å². The van der Waals surface area contributed by atoms with Crippen molar-refractivity contribution in [3.05, 3.63) is 47.2 Å². The number of hydrogen-bond acceptors (Lipinski definition) is 4. The minimum atomic E-state index is -2.95. The molecule has 9 heteroatoms. The summed E-state index contributed by atoms with van der Waals surface area (Å²) in [5.74, 6) is -2.70. The molecule has 1 aliphatic rings. The van der Waals surface area contributed by atoms with E-state index < -0.39 is 30.3 Å². The van der Waals surface area contributed by atoms with E-state index in [-0.39, 0.29) is 35.2 Å². The summed E-state index contributed by atoms with van der Waals surface area (Å²) in [4.78, 5) is 15.6. The topological polar surface area (TPSA) is 74.4 Å². The number of hydrogen-bond donors (Lipinski definition) is 1. The molecule has 0 aliphatic carbocycles. The lowest BCUT2D eigenvalue weighted by Crippen LogP contribution is -2.36. The van der Waals surface area contributed by atoms with Crippen molar-refractivity contribution < 1.29 is 31.8 Å². The van der Waals surface area contributed by atoms with Gasteiger partial charge in [-0.3, -0.25) is 4.79 Å². The number of nitrogens with zero attached hydrogens (tertiary/aromatic N) is 1. The van der Waals surface area contributed by atoms with Crippen molar-refractivity contribution in [2.45, 2.75) is 26.1 Å². The Morgan fingerprint density at radius 2 is 2.07 bits per heavy atom. The van der Waals surface area contributed by atoms with Crippen molar-refractivity contribution in [1.82, 2.24) is 4.98 Å². The molecule has 0 spiro atoms. The molecule has 3 rings (SSSR count). The fourth-order valence-electron chi connectivity index (χ4n) is 3.00. The number of carbonyl (C=O) groups is 1. The van der Waals surface area contributed by atoms with Gasteiger partial charge in [0.05, 0.1) is 6.61 Å². The minimum absolute atomic E-state index is 0.00834. The maximum Gasteiger partial charge on any atom is 0.345 e. The highest BCUT2D eigenvalue weighted by molar-refractivity contribution is 5.93. The van der Waals surface area contributed by atoms with E-state index in [4.69, 9.17) is 10.5 Å². The zero-order valence-electron chi connectivity index (χ0n) is 14.2. The number of nitrogens with two attached hydrogens (primary N) is 1. The molecule has 2 aromatic rings. The molecule has 144 valence electrons. The molecule has 1 aromatic carbocycles. The molecule has 0 saturated heterocycles. The lowest BCUT2D eigenvalue weighted by atomic mass is 9.88. The van der Waals surface area contributed by atoms with E-state index in [2.05, 4.69) is 9.72 Å². The molecule has 1 unspecified atom stereocenters. The van der Waals surface area contributed by atoms with Crippen molar-refractivity contribution >= 4 is 5.91 Å². The Bertz CT molecular complexity index is 876. The summed E-state index contributed by atoms with van der Waals surface area (Å²) in [5.41, 5.74) is 5.91. The summed E-state index contributed by atoms with van der Waals surface area (Å²) in [6.07, 6.45) is -0.418. The van der Waals surface area contributed by atoms with E-state index in [0.717, 1.165) is 12.1 Å².